The number of benzene rings is 1. The molecule has 4 nitrogen and oxygen atoms in total. The number of nitrogens with one attached hydrogen (secondary N) is 1. The van der Waals surface area contributed by atoms with E-state index in [-0.39, 0.29) is 23.8 Å². The number of piperazine rings is 1. The smallest absolute Gasteiger partial charge is 0.249 e. The Morgan fingerprint density at radius 1 is 1.13 bits per heavy atom. The van der Waals surface area contributed by atoms with Crippen molar-refractivity contribution in [2.24, 2.45) is 5.92 Å². The van der Waals surface area contributed by atoms with Crippen molar-refractivity contribution in [2.75, 3.05) is 0 Å². The van der Waals surface area contributed by atoms with Gasteiger partial charge in [-0.15, -0.1) is 0 Å². The summed E-state index contributed by atoms with van der Waals surface area (Å²) in [5.74, 6) is 0.171. The van der Waals surface area contributed by atoms with Crippen molar-refractivity contribution in [3.05, 3.63) is 35.9 Å². The molecule has 4 heteroatoms. The Balaban J connectivity index is 2.39. The Kier molecular flexibility index (Phi) is 5.45. The molecule has 1 aliphatic rings. The van der Waals surface area contributed by atoms with Crippen molar-refractivity contribution in [2.45, 2.75) is 65.1 Å². The molecule has 1 aromatic carbocycles. The van der Waals surface area contributed by atoms with Gasteiger partial charge >= 0.3 is 0 Å². The van der Waals surface area contributed by atoms with Crippen LogP contribution in [0.2, 0.25) is 0 Å². The average Bonchev–Trinajstić information content (AvgIpc) is 2.58. The van der Waals surface area contributed by atoms with E-state index in [9.17, 15) is 9.59 Å². The second kappa shape index (κ2) is 7.16. The molecule has 0 aliphatic carbocycles. The van der Waals surface area contributed by atoms with Crippen LogP contribution in [-0.4, -0.2) is 28.3 Å². The molecule has 1 aromatic rings. The topological polar surface area (TPSA) is 49.4 Å². The molecule has 1 aliphatic heterocycles. The van der Waals surface area contributed by atoms with Crippen molar-refractivity contribution < 1.29 is 9.59 Å². The fourth-order valence-electron chi connectivity index (χ4n) is 3.37. The predicted octanol–water partition coefficient (Wildman–Crippen LogP) is 3.12. The lowest BCUT2D eigenvalue weighted by Gasteiger charge is -2.47. The Bertz CT molecular complexity index is 552. The van der Waals surface area contributed by atoms with Crippen LogP contribution in [0.25, 0.3) is 0 Å². The van der Waals surface area contributed by atoms with E-state index in [2.05, 4.69) is 12.2 Å². The first-order valence-corrected chi connectivity index (χ1v) is 8.66. The van der Waals surface area contributed by atoms with E-state index < -0.39 is 5.54 Å². The number of nitrogens with zero attached hydrogens (tertiary/aromatic N) is 1. The van der Waals surface area contributed by atoms with Gasteiger partial charge in [-0.05, 0) is 24.3 Å². The lowest BCUT2D eigenvalue weighted by atomic mass is 9.83. The molecule has 1 fully saturated rings. The lowest BCUT2D eigenvalue weighted by Crippen LogP contribution is -2.70. The van der Waals surface area contributed by atoms with Crippen LogP contribution in [-0.2, 0) is 16.1 Å². The summed E-state index contributed by atoms with van der Waals surface area (Å²) in [6.45, 7) is 8.52. The summed E-state index contributed by atoms with van der Waals surface area (Å²) in [5, 5.41) is 3.03. The summed E-state index contributed by atoms with van der Waals surface area (Å²) in [6.07, 6.45) is 2.10. The van der Waals surface area contributed by atoms with Gasteiger partial charge in [-0.3, -0.25) is 9.59 Å². The van der Waals surface area contributed by atoms with Gasteiger partial charge < -0.3 is 10.2 Å². The standard InChI is InChI=1S/C19H28N2O2/c1-5-14(4)16-17(22)20-19(6-2,7-3)18(23)21(16)13-15-11-9-8-10-12-15/h8-12,14,16H,5-7,13H2,1-4H3,(H,20,22). The van der Waals surface area contributed by atoms with Crippen molar-refractivity contribution in [1.29, 1.82) is 0 Å². The minimum atomic E-state index is -0.754. The van der Waals surface area contributed by atoms with Gasteiger partial charge in [-0.1, -0.05) is 64.4 Å². The van der Waals surface area contributed by atoms with Crippen LogP contribution in [0.1, 0.15) is 52.5 Å². The first kappa shape index (κ1) is 17.5. The maximum atomic E-state index is 13.2. The molecule has 0 spiro atoms. The van der Waals surface area contributed by atoms with Crippen molar-refractivity contribution >= 4 is 11.8 Å². The van der Waals surface area contributed by atoms with Gasteiger partial charge in [-0.2, -0.15) is 0 Å². The van der Waals surface area contributed by atoms with E-state index >= 15 is 0 Å². The van der Waals surface area contributed by atoms with Gasteiger partial charge in [0, 0.05) is 6.54 Å². The van der Waals surface area contributed by atoms with Gasteiger partial charge in [0.15, 0.2) is 0 Å². The van der Waals surface area contributed by atoms with Crippen LogP contribution in [0.3, 0.4) is 0 Å². The molecule has 1 saturated heterocycles. The van der Waals surface area contributed by atoms with Gasteiger partial charge in [-0.25, -0.2) is 0 Å². The normalized spacial score (nSPS) is 21.9. The first-order valence-electron chi connectivity index (χ1n) is 8.66. The van der Waals surface area contributed by atoms with Crippen LogP contribution in [0.4, 0.5) is 0 Å². The number of rotatable bonds is 6. The minimum Gasteiger partial charge on any atom is -0.340 e. The molecule has 2 amide bonds. The Morgan fingerprint density at radius 2 is 1.74 bits per heavy atom. The summed E-state index contributed by atoms with van der Waals surface area (Å²) in [7, 11) is 0. The summed E-state index contributed by atoms with van der Waals surface area (Å²) in [6, 6.07) is 9.52. The van der Waals surface area contributed by atoms with E-state index in [0.29, 0.717) is 19.4 Å². The summed E-state index contributed by atoms with van der Waals surface area (Å²) in [4.78, 5) is 27.8. The zero-order chi connectivity index (χ0) is 17.0. The van der Waals surface area contributed by atoms with Gasteiger partial charge in [0.05, 0.1) is 0 Å². The zero-order valence-electron chi connectivity index (χ0n) is 14.6. The third-order valence-electron chi connectivity index (χ3n) is 5.22. The molecule has 1 heterocycles. The molecular formula is C19H28N2O2. The first-order chi connectivity index (χ1) is 11.0. The second-order valence-corrected chi connectivity index (χ2v) is 6.53. The SMILES string of the molecule is CCC(C)C1C(=O)NC(CC)(CC)C(=O)N1Cc1ccccc1. The number of hydrogen-bond donors (Lipinski definition) is 1. The van der Waals surface area contributed by atoms with E-state index in [0.717, 1.165) is 12.0 Å². The molecular weight excluding hydrogens is 288 g/mol. The molecule has 1 N–H and O–H groups in total. The second-order valence-electron chi connectivity index (χ2n) is 6.53. The van der Waals surface area contributed by atoms with E-state index in [1.54, 1.807) is 4.90 Å². The summed E-state index contributed by atoms with van der Waals surface area (Å²) < 4.78 is 0. The van der Waals surface area contributed by atoms with E-state index in [1.165, 1.54) is 0 Å². The molecule has 2 atom stereocenters. The van der Waals surface area contributed by atoms with Gasteiger partial charge in [0.2, 0.25) is 11.8 Å². The minimum absolute atomic E-state index is 0.0152. The molecule has 23 heavy (non-hydrogen) atoms. The van der Waals surface area contributed by atoms with Crippen LogP contribution in [0.15, 0.2) is 30.3 Å². The van der Waals surface area contributed by atoms with Crippen LogP contribution in [0.5, 0.6) is 0 Å². The predicted molar refractivity (Wildman–Crippen MR) is 91.7 cm³/mol. The fraction of sp³-hybridized carbons (Fsp3) is 0.579. The van der Waals surface area contributed by atoms with E-state index in [1.807, 2.05) is 51.1 Å². The number of hydrogen-bond acceptors (Lipinski definition) is 2. The number of carbonyl (C=O) groups excluding carboxylic acids is 2. The number of carbonyl (C=O) groups is 2. The lowest BCUT2D eigenvalue weighted by molar-refractivity contribution is -0.158. The highest BCUT2D eigenvalue weighted by molar-refractivity contribution is 5.99. The van der Waals surface area contributed by atoms with E-state index in [4.69, 9.17) is 0 Å². The molecule has 0 saturated carbocycles. The van der Waals surface area contributed by atoms with Gasteiger partial charge in [0.1, 0.15) is 11.6 Å². The number of amides is 2. The molecule has 2 unspecified atom stereocenters. The van der Waals surface area contributed by atoms with Crippen LogP contribution >= 0.6 is 0 Å². The summed E-state index contributed by atoms with van der Waals surface area (Å²) >= 11 is 0. The maximum absolute atomic E-state index is 13.2. The van der Waals surface area contributed by atoms with Gasteiger partial charge in [0.25, 0.3) is 0 Å². The molecule has 126 valence electrons. The highest BCUT2D eigenvalue weighted by atomic mass is 16.2. The molecule has 0 bridgehead atoms. The third kappa shape index (κ3) is 3.26. The largest absolute Gasteiger partial charge is 0.340 e. The summed E-state index contributed by atoms with van der Waals surface area (Å²) in [5.41, 5.74) is 0.306. The Labute approximate surface area is 139 Å². The molecule has 0 radical (unpaired) electrons. The highest BCUT2D eigenvalue weighted by Crippen LogP contribution is 2.30. The van der Waals surface area contributed by atoms with Crippen LogP contribution in [0, 0.1) is 5.92 Å². The highest BCUT2D eigenvalue weighted by Gasteiger charge is 2.49. The zero-order valence-corrected chi connectivity index (χ0v) is 14.6. The Hall–Kier alpha value is -1.84. The van der Waals surface area contributed by atoms with Crippen molar-refractivity contribution in [1.82, 2.24) is 10.2 Å². The average molecular weight is 316 g/mol. The quantitative estimate of drug-likeness (QED) is 0.876. The van der Waals surface area contributed by atoms with Crippen molar-refractivity contribution in [3.8, 4) is 0 Å². The maximum Gasteiger partial charge on any atom is 0.249 e. The third-order valence-corrected chi connectivity index (χ3v) is 5.22. The molecule has 0 aromatic heterocycles. The van der Waals surface area contributed by atoms with Crippen LogP contribution < -0.4 is 5.32 Å². The fourth-order valence-corrected chi connectivity index (χ4v) is 3.37. The monoisotopic (exact) mass is 316 g/mol. The molecule has 2 rings (SSSR count). The Morgan fingerprint density at radius 3 is 2.26 bits per heavy atom. The van der Waals surface area contributed by atoms with Crippen molar-refractivity contribution in [3.63, 3.8) is 0 Å².